The zero-order chi connectivity index (χ0) is 14.2. The topological polar surface area (TPSA) is 12.0 Å². The van der Waals surface area contributed by atoms with Gasteiger partial charge in [0.2, 0.25) is 0 Å². The first-order chi connectivity index (χ1) is 9.58. The molecule has 0 saturated heterocycles. The molecule has 110 valence electrons. The first-order valence-electron chi connectivity index (χ1n) is 7.49. The van der Waals surface area contributed by atoms with E-state index in [9.17, 15) is 0 Å². The van der Waals surface area contributed by atoms with Crippen LogP contribution in [-0.4, -0.2) is 6.04 Å². The minimum absolute atomic E-state index is 0.620. The van der Waals surface area contributed by atoms with Gasteiger partial charge in [-0.1, -0.05) is 28.8 Å². The van der Waals surface area contributed by atoms with Crippen LogP contribution in [0.5, 0.6) is 0 Å². The molecular weight excluding hydrogens is 446 g/mol. The third-order valence-electron chi connectivity index (χ3n) is 5.07. The van der Waals surface area contributed by atoms with Gasteiger partial charge in [0.05, 0.1) is 5.69 Å². The van der Waals surface area contributed by atoms with E-state index < -0.39 is 0 Å². The first kappa shape index (κ1) is 15.4. The molecule has 1 nitrogen and oxygen atoms in total. The quantitative estimate of drug-likeness (QED) is 0.501. The Morgan fingerprint density at radius 1 is 0.900 bits per heavy atom. The Labute approximate surface area is 146 Å². The van der Waals surface area contributed by atoms with Crippen molar-refractivity contribution in [2.75, 3.05) is 5.32 Å². The van der Waals surface area contributed by atoms with Crippen molar-refractivity contribution in [2.45, 2.75) is 57.4 Å². The fourth-order valence-electron chi connectivity index (χ4n) is 3.88. The molecular formula is C16H20Br3N. The minimum Gasteiger partial charge on any atom is -0.380 e. The van der Waals surface area contributed by atoms with Crippen molar-refractivity contribution in [1.82, 2.24) is 0 Å². The summed E-state index contributed by atoms with van der Waals surface area (Å²) < 4.78 is 3.34. The number of rotatable bonds is 2. The number of halogens is 3. The van der Waals surface area contributed by atoms with E-state index in [1.165, 1.54) is 57.1 Å². The summed E-state index contributed by atoms with van der Waals surface area (Å²) in [6.07, 6.45) is 11.3. The Kier molecular flexibility index (Phi) is 4.83. The number of anilines is 1. The van der Waals surface area contributed by atoms with Crippen molar-refractivity contribution in [3.05, 3.63) is 25.6 Å². The average molecular weight is 466 g/mol. The van der Waals surface area contributed by atoms with Crippen molar-refractivity contribution in [1.29, 1.82) is 0 Å². The Morgan fingerprint density at radius 2 is 1.45 bits per heavy atom. The van der Waals surface area contributed by atoms with Crippen LogP contribution < -0.4 is 5.32 Å². The lowest BCUT2D eigenvalue weighted by molar-refractivity contribution is 0.188. The van der Waals surface area contributed by atoms with E-state index in [1.807, 2.05) is 0 Å². The smallest absolute Gasteiger partial charge is 0.0631 e. The molecule has 2 saturated carbocycles. The van der Waals surface area contributed by atoms with Crippen LogP contribution in [0, 0.1) is 5.41 Å². The monoisotopic (exact) mass is 463 g/mol. The van der Waals surface area contributed by atoms with Gasteiger partial charge in [-0.25, -0.2) is 0 Å². The van der Waals surface area contributed by atoms with Crippen molar-refractivity contribution in [2.24, 2.45) is 5.41 Å². The molecule has 0 aliphatic heterocycles. The molecule has 1 spiro atoms. The molecule has 3 rings (SSSR count). The molecule has 1 aromatic rings. The van der Waals surface area contributed by atoms with Crippen LogP contribution in [0.15, 0.2) is 25.6 Å². The van der Waals surface area contributed by atoms with Gasteiger partial charge in [-0.2, -0.15) is 0 Å². The van der Waals surface area contributed by atoms with Gasteiger partial charge in [-0.15, -0.1) is 0 Å². The summed E-state index contributed by atoms with van der Waals surface area (Å²) in [5.74, 6) is 0. The Balaban J connectivity index is 1.65. The van der Waals surface area contributed by atoms with Crippen LogP contribution in [0.4, 0.5) is 5.69 Å². The second-order valence-electron chi connectivity index (χ2n) is 6.37. The Morgan fingerprint density at radius 3 is 2.00 bits per heavy atom. The molecule has 2 aliphatic rings. The van der Waals surface area contributed by atoms with Gasteiger partial charge in [0.25, 0.3) is 0 Å². The summed E-state index contributed by atoms with van der Waals surface area (Å²) in [5, 5.41) is 3.74. The molecule has 1 aromatic carbocycles. The van der Waals surface area contributed by atoms with Crippen LogP contribution in [0.3, 0.4) is 0 Å². The number of benzene rings is 1. The van der Waals surface area contributed by atoms with Crippen LogP contribution >= 0.6 is 47.8 Å². The summed E-state index contributed by atoms with van der Waals surface area (Å²) in [4.78, 5) is 0. The molecule has 4 heteroatoms. The first-order valence-corrected chi connectivity index (χ1v) is 9.87. The SMILES string of the molecule is Brc1cc(Br)c(NC2CCC3(CCCC3)CC2)c(Br)c1. The second-order valence-corrected chi connectivity index (χ2v) is 8.99. The third kappa shape index (κ3) is 3.27. The molecule has 1 N–H and O–H groups in total. The highest BCUT2D eigenvalue weighted by Crippen LogP contribution is 2.49. The lowest BCUT2D eigenvalue weighted by Gasteiger charge is -2.38. The van der Waals surface area contributed by atoms with Gasteiger partial charge in [0, 0.05) is 19.5 Å². The highest BCUT2D eigenvalue weighted by atomic mass is 79.9. The van der Waals surface area contributed by atoms with Crippen molar-refractivity contribution < 1.29 is 0 Å². The fourth-order valence-corrected chi connectivity index (χ4v) is 6.37. The third-order valence-corrected chi connectivity index (χ3v) is 6.77. The molecule has 0 heterocycles. The van der Waals surface area contributed by atoms with Crippen LogP contribution in [-0.2, 0) is 0 Å². The molecule has 2 aliphatic carbocycles. The molecule has 0 bridgehead atoms. The number of nitrogens with one attached hydrogen (secondary N) is 1. The predicted octanol–water partition coefficient (Wildman–Crippen LogP) is 6.89. The van der Waals surface area contributed by atoms with Gasteiger partial charge in [0.1, 0.15) is 0 Å². The van der Waals surface area contributed by atoms with Gasteiger partial charge in [-0.05, 0) is 87.9 Å². The Bertz CT molecular complexity index is 461. The number of hydrogen-bond acceptors (Lipinski definition) is 1. The number of hydrogen-bond donors (Lipinski definition) is 1. The van der Waals surface area contributed by atoms with Crippen LogP contribution in [0.25, 0.3) is 0 Å². The van der Waals surface area contributed by atoms with E-state index in [0.717, 1.165) is 13.4 Å². The maximum absolute atomic E-state index is 3.74. The standard InChI is InChI=1S/C16H20Br3N/c17-11-9-13(18)15(14(19)10-11)20-12-3-7-16(8-4-12)5-1-2-6-16/h9-10,12,20H,1-8H2. The van der Waals surface area contributed by atoms with Crippen molar-refractivity contribution >= 4 is 53.5 Å². The average Bonchev–Trinajstić information content (AvgIpc) is 2.85. The molecule has 20 heavy (non-hydrogen) atoms. The molecule has 0 unspecified atom stereocenters. The molecule has 0 amide bonds. The van der Waals surface area contributed by atoms with Crippen molar-refractivity contribution in [3.8, 4) is 0 Å². The van der Waals surface area contributed by atoms with E-state index in [-0.39, 0.29) is 0 Å². The molecule has 2 fully saturated rings. The summed E-state index contributed by atoms with van der Waals surface area (Å²) in [6, 6.07) is 4.83. The van der Waals surface area contributed by atoms with E-state index >= 15 is 0 Å². The lowest BCUT2D eigenvalue weighted by Crippen LogP contribution is -2.31. The molecule has 0 aromatic heterocycles. The predicted molar refractivity (Wildman–Crippen MR) is 96.3 cm³/mol. The van der Waals surface area contributed by atoms with E-state index in [2.05, 4.69) is 65.2 Å². The zero-order valence-corrected chi connectivity index (χ0v) is 16.3. The van der Waals surface area contributed by atoms with E-state index in [1.54, 1.807) is 0 Å². The Hall–Kier alpha value is 0.460. The van der Waals surface area contributed by atoms with Gasteiger partial charge >= 0.3 is 0 Å². The zero-order valence-electron chi connectivity index (χ0n) is 11.5. The second kappa shape index (κ2) is 6.29. The summed E-state index contributed by atoms with van der Waals surface area (Å²) in [7, 11) is 0. The fraction of sp³-hybridized carbons (Fsp3) is 0.625. The highest BCUT2D eigenvalue weighted by molar-refractivity contribution is 9.11. The van der Waals surface area contributed by atoms with E-state index in [4.69, 9.17) is 0 Å². The minimum atomic E-state index is 0.620. The maximum atomic E-state index is 3.74. The lowest BCUT2D eigenvalue weighted by atomic mass is 9.71. The van der Waals surface area contributed by atoms with Gasteiger partial charge in [0.15, 0.2) is 0 Å². The molecule has 0 radical (unpaired) electrons. The van der Waals surface area contributed by atoms with Gasteiger partial charge in [-0.3, -0.25) is 0 Å². The highest BCUT2D eigenvalue weighted by Gasteiger charge is 2.37. The largest absolute Gasteiger partial charge is 0.380 e. The summed E-state index contributed by atoms with van der Waals surface area (Å²) in [6.45, 7) is 0. The normalized spacial score (nSPS) is 22.4. The maximum Gasteiger partial charge on any atom is 0.0631 e. The van der Waals surface area contributed by atoms with Crippen LogP contribution in [0.2, 0.25) is 0 Å². The molecule has 0 atom stereocenters. The summed E-state index contributed by atoms with van der Waals surface area (Å²) in [5.41, 5.74) is 1.91. The van der Waals surface area contributed by atoms with Crippen LogP contribution in [0.1, 0.15) is 51.4 Å². The summed E-state index contributed by atoms with van der Waals surface area (Å²) >= 11 is 10.8. The van der Waals surface area contributed by atoms with E-state index in [0.29, 0.717) is 11.5 Å². The van der Waals surface area contributed by atoms with Crippen molar-refractivity contribution in [3.63, 3.8) is 0 Å². The van der Waals surface area contributed by atoms with Gasteiger partial charge < -0.3 is 5.32 Å².